The molecule has 1 heterocycles. The zero-order valence-corrected chi connectivity index (χ0v) is 13.4. The van der Waals surface area contributed by atoms with E-state index in [0.717, 1.165) is 24.5 Å². The smallest absolute Gasteiger partial charge is 0.239 e. The molecule has 0 bridgehead atoms. The standard InChI is InChI=1S/C15H23N3O2.ClH/c1-3-20-14-7-5-4-6-13(14)17-8-10-18(11-9-17)15(19)12(2)16;/h4-7,12H,3,8-11,16H2,1-2H3;1H. The second-order valence-corrected chi connectivity index (χ2v) is 5.00. The fraction of sp³-hybridized carbons (Fsp3) is 0.533. The van der Waals surface area contributed by atoms with E-state index >= 15 is 0 Å². The van der Waals surface area contributed by atoms with Gasteiger partial charge in [0, 0.05) is 26.2 Å². The minimum atomic E-state index is -0.419. The van der Waals surface area contributed by atoms with Crippen LogP contribution in [0.1, 0.15) is 13.8 Å². The minimum Gasteiger partial charge on any atom is -0.492 e. The van der Waals surface area contributed by atoms with Crippen LogP contribution in [0.4, 0.5) is 5.69 Å². The Hall–Kier alpha value is -1.46. The van der Waals surface area contributed by atoms with Crippen LogP contribution in [0.3, 0.4) is 0 Å². The first-order chi connectivity index (χ1) is 9.63. The van der Waals surface area contributed by atoms with Crippen LogP contribution in [0.2, 0.25) is 0 Å². The van der Waals surface area contributed by atoms with Crippen LogP contribution in [0.25, 0.3) is 0 Å². The Morgan fingerprint density at radius 3 is 2.48 bits per heavy atom. The zero-order chi connectivity index (χ0) is 14.5. The van der Waals surface area contributed by atoms with Crippen LogP contribution >= 0.6 is 12.4 Å². The third kappa shape index (κ3) is 4.25. The molecular formula is C15H24ClN3O2. The van der Waals surface area contributed by atoms with Crippen LogP contribution in [0.15, 0.2) is 24.3 Å². The van der Waals surface area contributed by atoms with Crippen LogP contribution in [-0.2, 0) is 4.79 Å². The lowest BCUT2D eigenvalue weighted by Gasteiger charge is -2.37. The number of anilines is 1. The molecule has 21 heavy (non-hydrogen) atoms. The number of nitrogens with zero attached hydrogens (tertiary/aromatic N) is 2. The first kappa shape index (κ1) is 17.6. The van der Waals surface area contributed by atoms with E-state index in [-0.39, 0.29) is 18.3 Å². The summed E-state index contributed by atoms with van der Waals surface area (Å²) in [6.07, 6.45) is 0. The Morgan fingerprint density at radius 1 is 1.29 bits per heavy atom. The Bertz CT molecular complexity index is 460. The SMILES string of the molecule is CCOc1ccccc1N1CCN(C(=O)C(C)N)CC1.Cl. The lowest BCUT2D eigenvalue weighted by molar-refractivity contribution is -0.132. The molecule has 1 amide bonds. The number of carbonyl (C=O) groups is 1. The fourth-order valence-electron chi connectivity index (χ4n) is 2.45. The predicted octanol–water partition coefficient (Wildman–Crippen LogP) is 1.50. The van der Waals surface area contributed by atoms with Gasteiger partial charge in [0.15, 0.2) is 0 Å². The van der Waals surface area contributed by atoms with Crippen LogP contribution in [0, 0.1) is 0 Å². The van der Waals surface area contributed by atoms with Crippen molar-refractivity contribution in [2.24, 2.45) is 5.73 Å². The number of piperazine rings is 1. The van der Waals surface area contributed by atoms with Crippen molar-refractivity contribution >= 4 is 24.0 Å². The van der Waals surface area contributed by atoms with E-state index in [1.807, 2.05) is 30.0 Å². The van der Waals surface area contributed by atoms with Crippen LogP contribution < -0.4 is 15.4 Å². The molecule has 1 aliphatic rings. The summed E-state index contributed by atoms with van der Waals surface area (Å²) in [5.41, 5.74) is 6.75. The number of rotatable bonds is 4. The average Bonchev–Trinajstić information content (AvgIpc) is 2.47. The summed E-state index contributed by atoms with van der Waals surface area (Å²) >= 11 is 0. The lowest BCUT2D eigenvalue weighted by Crippen LogP contribution is -2.52. The molecule has 0 saturated carbocycles. The van der Waals surface area contributed by atoms with E-state index in [1.54, 1.807) is 6.92 Å². The van der Waals surface area contributed by atoms with Crippen LogP contribution in [0.5, 0.6) is 5.75 Å². The minimum absolute atomic E-state index is 0. The number of para-hydroxylation sites is 2. The summed E-state index contributed by atoms with van der Waals surface area (Å²) in [5.74, 6) is 0.935. The van der Waals surface area contributed by atoms with Gasteiger partial charge in [-0.15, -0.1) is 12.4 Å². The summed E-state index contributed by atoms with van der Waals surface area (Å²) in [5, 5.41) is 0. The molecule has 0 aliphatic carbocycles. The predicted molar refractivity (Wildman–Crippen MR) is 87.3 cm³/mol. The molecule has 5 nitrogen and oxygen atoms in total. The quantitative estimate of drug-likeness (QED) is 0.915. The molecule has 0 aromatic heterocycles. The van der Waals surface area contributed by atoms with Gasteiger partial charge >= 0.3 is 0 Å². The Kier molecular flexibility index (Phi) is 6.78. The lowest BCUT2D eigenvalue weighted by atomic mass is 10.2. The maximum atomic E-state index is 11.9. The number of benzene rings is 1. The molecular weight excluding hydrogens is 290 g/mol. The van der Waals surface area contributed by atoms with E-state index in [0.29, 0.717) is 19.7 Å². The first-order valence-electron chi connectivity index (χ1n) is 7.14. The summed E-state index contributed by atoms with van der Waals surface area (Å²) in [6.45, 7) is 7.40. The van der Waals surface area contributed by atoms with Crippen molar-refractivity contribution in [1.82, 2.24) is 4.90 Å². The number of amides is 1. The van der Waals surface area contributed by atoms with Gasteiger partial charge in [-0.25, -0.2) is 0 Å². The van der Waals surface area contributed by atoms with E-state index in [4.69, 9.17) is 10.5 Å². The monoisotopic (exact) mass is 313 g/mol. The van der Waals surface area contributed by atoms with Gasteiger partial charge in [-0.3, -0.25) is 4.79 Å². The fourth-order valence-corrected chi connectivity index (χ4v) is 2.45. The largest absolute Gasteiger partial charge is 0.492 e. The number of ether oxygens (including phenoxy) is 1. The van der Waals surface area contributed by atoms with Gasteiger partial charge in [0.25, 0.3) is 0 Å². The molecule has 1 aromatic carbocycles. The molecule has 1 aliphatic heterocycles. The number of carbonyl (C=O) groups excluding carboxylic acids is 1. The second kappa shape index (κ2) is 8.10. The molecule has 1 saturated heterocycles. The highest BCUT2D eigenvalue weighted by atomic mass is 35.5. The third-order valence-corrected chi connectivity index (χ3v) is 3.49. The number of hydrogen-bond donors (Lipinski definition) is 1. The topological polar surface area (TPSA) is 58.8 Å². The van der Waals surface area contributed by atoms with E-state index in [2.05, 4.69) is 11.0 Å². The molecule has 1 aromatic rings. The van der Waals surface area contributed by atoms with Gasteiger partial charge in [-0.2, -0.15) is 0 Å². The van der Waals surface area contributed by atoms with E-state index in [9.17, 15) is 4.79 Å². The maximum Gasteiger partial charge on any atom is 0.239 e. The molecule has 0 spiro atoms. The van der Waals surface area contributed by atoms with Crippen molar-refractivity contribution in [2.75, 3.05) is 37.7 Å². The van der Waals surface area contributed by atoms with Gasteiger partial charge in [-0.1, -0.05) is 12.1 Å². The average molecular weight is 314 g/mol. The summed E-state index contributed by atoms with van der Waals surface area (Å²) in [6, 6.07) is 7.62. The highest BCUT2D eigenvalue weighted by Gasteiger charge is 2.24. The van der Waals surface area contributed by atoms with Gasteiger partial charge in [0.1, 0.15) is 5.75 Å². The number of hydrogen-bond acceptors (Lipinski definition) is 4. The van der Waals surface area contributed by atoms with Gasteiger partial charge < -0.3 is 20.3 Å². The van der Waals surface area contributed by atoms with Gasteiger partial charge in [-0.05, 0) is 26.0 Å². The normalized spacial score (nSPS) is 16.1. The van der Waals surface area contributed by atoms with Crippen molar-refractivity contribution < 1.29 is 9.53 Å². The molecule has 118 valence electrons. The summed E-state index contributed by atoms with van der Waals surface area (Å²) in [7, 11) is 0. The van der Waals surface area contributed by atoms with Crippen LogP contribution in [-0.4, -0.2) is 49.6 Å². The summed E-state index contributed by atoms with van der Waals surface area (Å²) in [4.78, 5) is 16.0. The van der Waals surface area contributed by atoms with Gasteiger partial charge in [0.2, 0.25) is 5.91 Å². The Balaban J connectivity index is 0.00000220. The van der Waals surface area contributed by atoms with E-state index < -0.39 is 6.04 Å². The number of nitrogens with two attached hydrogens (primary N) is 1. The van der Waals surface area contributed by atoms with Gasteiger partial charge in [0.05, 0.1) is 18.3 Å². The van der Waals surface area contributed by atoms with Crippen molar-refractivity contribution in [2.45, 2.75) is 19.9 Å². The summed E-state index contributed by atoms with van der Waals surface area (Å²) < 4.78 is 5.66. The first-order valence-corrected chi connectivity index (χ1v) is 7.14. The van der Waals surface area contributed by atoms with E-state index in [1.165, 1.54) is 0 Å². The molecule has 2 N–H and O–H groups in total. The molecule has 6 heteroatoms. The maximum absolute atomic E-state index is 11.9. The molecule has 1 fully saturated rings. The highest BCUT2D eigenvalue weighted by molar-refractivity contribution is 5.85. The van der Waals surface area contributed by atoms with Crippen molar-refractivity contribution in [3.05, 3.63) is 24.3 Å². The highest BCUT2D eigenvalue weighted by Crippen LogP contribution is 2.28. The number of halogens is 1. The molecule has 0 radical (unpaired) electrons. The Labute approximate surface area is 132 Å². The van der Waals surface area contributed by atoms with Crippen molar-refractivity contribution in [3.8, 4) is 5.75 Å². The molecule has 1 atom stereocenters. The van der Waals surface area contributed by atoms with Crippen molar-refractivity contribution in [3.63, 3.8) is 0 Å². The zero-order valence-electron chi connectivity index (χ0n) is 12.6. The third-order valence-electron chi connectivity index (χ3n) is 3.49. The Morgan fingerprint density at radius 2 is 1.90 bits per heavy atom. The molecule has 1 unspecified atom stereocenters. The van der Waals surface area contributed by atoms with Crippen molar-refractivity contribution in [1.29, 1.82) is 0 Å². The second-order valence-electron chi connectivity index (χ2n) is 5.00. The molecule has 2 rings (SSSR count).